The van der Waals surface area contributed by atoms with Gasteiger partial charge in [-0.15, -0.1) is 0 Å². The van der Waals surface area contributed by atoms with Crippen LogP contribution in [-0.4, -0.2) is 45.4 Å². The van der Waals surface area contributed by atoms with Gasteiger partial charge < -0.3 is 10.0 Å². The maximum absolute atomic E-state index is 15.0. The first-order valence-corrected chi connectivity index (χ1v) is 10.6. The number of carbonyl (C=O) groups is 2. The Morgan fingerprint density at radius 3 is 2.35 bits per heavy atom. The van der Waals surface area contributed by atoms with Crippen LogP contribution in [0.2, 0.25) is 0 Å². The van der Waals surface area contributed by atoms with Crippen molar-refractivity contribution in [3.05, 3.63) is 83.2 Å². The molecular weight excluding hydrogens is 442 g/mol. The number of benzene rings is 2. The van der Waals surface area contributed by atoms with Crippen LogP contribution < -0.4 is 4.90 Å². The molecule has 1 saturated heterocycles. The van der Waals surface area contributed by atoms with Crippen molar-refractivity contribution in [3.8, 4) is 11.8 Å². The number of aliphatic hydroxyl groups excluding tert-OH is 1. The molecule has 0 bridgehead atoms. The molecule has 1 atom stereocenters. The van der Waals surface area contributed by atoms with Crippen molar-refractivity contribution >= 4 is 17.6 Å². The molecule has 0 radical (unpaired) electrons. The van der Waals surface area contributed by atoms with Crippen LogP contribution in [0.3, 0.4) is 0 Å². The van der Waals surface area contributed by atoms with Crippen molar-refractivity contribution in [2.45, 2.75) is 25.4 Å². The Morgan fingerprint density at radius 1 is 1.06 bits per heavy atom. The van der Waals surface area contributed by atoms with Gasteiger partial charge in [-0.1, -0.05) is 30.0 Å². The van der Waals surface area contributed by atoms with Crippen LogP contribution in [0.5, 0.6) is 0 Å². The Hall–Kier alpha value is -4.03. The Labute approximate surface area is 195 Å². The number of aromatic nitrogens is 2. The van der Waals surface area contributed by atoms with Gasteiger partial charge >= 0.3 is 6.03 Å². The number of halogens is 2. The summed E-state index contributed by atoms with van der Waals surface area (Å²) in [6.07, 6.45) is 1.39. The molecule has 34 heavy (non-hydrogen) atoms. The molecule has 1 aliphatic heterocycles. The van der Waals surface area contributed by atoms with E-state index in [2.05, 4.69) is 16.9 Å². The highest BCUT2D eigenvalue weighted by molar-refractivity contribution is 6.16. The first-order chi connectivity index (χ1) is 16.2. The summed E-state index contributed by atoms with van der Waals surface area (Å²) < 4.78 is 31.5. The lowest BCUT2D eigenvalue weighted by molar-refractivity contribution is -0.122. The topological polar surface area (TPSA) is 78.7 Å². The molecule has 2 heterocycles. The van der Waals surface area contributed by atoms with Gasteiger partial charge in [-0.2, -0.15) is 5.10 Å². The van der Waals surface area contributed by atoms with Crippen molar-refractivity contribution in [1.82, 2.24) is 14.7 Å². The molecule has 1 aliphatic rings. The largest absolute Gasteiger partial charge is 0.394 e. The second-order valence-electron chi connectivity index (χ2n) is 8.11. The van der Waals surface area contributed by atoms with E-state index in [9.17, 15) is 18.4 Å². The number of rotatable bonds is 4. The third-order valence-corrected chi connectivity index (χ3v) is 5.85. The zero-order valence-electron chi connectivity index (χ0n) is 18.6. The number of carbonyl (C=O) groups excluding carboxylic acids is 2. The zero-order valence-corrected chi connectivity index (χ0v) is 18.6. The molecule has 0 spiro atoms. The van der Waals surface area contributed by atoms with E-state index in [0.29, 0.717) is 16.2 Å². The lowest BCUT2D eigenvalue weighted by Gasteiger charge is -2.44. The first-order valence-electron chi connectivity index (χ1n) is 10.6. The van der Waals surface area contributed by atoms with Crippen LogP contribution in [0, 0.1) is 23.5 Å². The van der Waals surface area contributed by atoms with Crippen molar-refractivity contribution in [1.29, 1.82) is 0 Å². The van der Waals surface area contributed by atoms with Gasteiger partial charge in [0.05, 0.1) is 30.8 Å². The minimum absolute atomic E-state index is 0.0760. The van der Waals surface area contributed by atoms with E-state index >= 15 is 0 Å². The maximum Gasteiger partial charge on any atom is 0.332 e. The van der Waals surface area contributed by atoms with Crippen LogP contribution in [0.4, 0.5) is 19.3 Å². The average Bonchev–Trinajstić information content (AvgIpc) is 3.28. The Balaban J connectivity index is 1.64. The summed E-state index contributed by atoms with van der Waals surface area (Å²) >= 11 is 0. The van der Waals surface area contributed by atoms with Crippen molar-refractivity contribution in [2.75, 3.05) is 18.6 Å². The van der Waals surface area contributed by atoms with Crippen LogP contribution in [-0.2, 0) is 16.9 Å². The monoisotopic (exact) mass is 464 g/mol. The number of imide groups is 1. The molecule has 7 nitrogen and oxygen atoms in total. The molecule has 2 aromatic carbocycles. The number of amides is 3. The minimum atomic E-state index is -1.13. The molecule has 3 aromatic rings. The summed E-state index contributed by atoms with van der Waals surface area (Å²) in [5, 5.41) is 13.4. The number of hydrogen-bond acceptors (Lipinski definition) is 4. The molecule has 0 unspecified atom stereocenters. The number of urea groups is 1. The zero-order chi connectivity index (χ0) is 24.5. The molecule has 4 rings (SSSR count). The van der Waals surface area contributed by atoms with E-state index in [4.69, 9.17) is 5.11 Å². The molecule has 0 aliphatic carbocycles. The number of anilines is 1. The van der Waals surface area contributed by atoms with Crippen LogP contribution >= 0.6 is 0 Å². The molecule has 1 aromatic heterocycles. The van der Waals surface area contributed by atoms with E-state index in [1.54, 1.807) is 43.5 Å². The van der Waals surface area contributed by atoms with Crippen LogP contribution in [0.1, 0.15) is 30.2 Å². The summed E-state index contributed by atoms with van der Waals surface area (Å²) in [6.45, 7) is 1.79. The second kappa shape index (κ2) is 9.08. The van der Waals surface area contributed by atoms with Crippen molar-refractivity contribution in [2.24, 2.45) is 0 Å². The van der Waals surface area contributed by atoms with E-state index in [1.807, 2.05) is 6.07 Å². The first kappa shape index (κ1) is 23.1. The maximum atomic E-state index is 15.0. The fourth-order valence-electron chi connectivity index (χ4n) is 3.84. The molecule has 1 N–H and O–H groups in total. The minimum Gasteiger partial charge on any atom is -0.394 e. The van der Waals surface area contributed by atoms with E-state index in [0.717, 1.165) is 12.1 Å². The normalized spacial score (nSPS) is 18.1. The van der Waals surface area contributed by atoms with Crippen molar-refractivity contribution < 1.29 is 23.5 Å². The highest BCUT2D eigenvalue weighted by atomic mass is 19.1. The second-order valence-corrected chi connectivity index (χ2v) is 8.11. The summed E-state index contributed by atoms with van der Waals surface area (Å²) in [6, 6.07) is 11.7. The van der Waals surface area contributed by atoms with Crippen LogP contribution in [0.15, 0.2) is 54.7 Å². The predicted molar refractivity (Wildman–Crippen MR) is 121 cm³/mol. The predicted octanol–water partition coefficient (Wildman–Crippen LogP) is 3.26. The third-order valence-electron chi connectivity index (χ3n) is 5.85. The van der Waals surface area contributed by atoms with Gasteiger partial charge in [0.25, 0.3) is 0 Å². The van der Waals surface area contributed by atoms with Gasteiger partial charge in [0.1, 0.15) is 5.69 Å². The van der Waals surface area contributed by atoms with Crippen molar-refractivity contribution in [3.63, 3.8) is 0 Å². The smallest absolute Gasteiger partial charge is 0.332 e. The molecule has 1 fully saturated rings. The van der Waals surface area contributed by atoms with Gasteiger partial charge in [0.2, 0.25) is 5.91 Å². The van der Waals surface area contributed by atoms with E-state index in [1.165, 1.54) is 16.6 Å². The lowest BCUT2D eigenvalue weighted by Crippen LogP contribution is -2.60. The SMILES string of the molecule is CN1C(=O)N(c2c(F)cc(C#Cc3ccccc3)cc2F)C(=O)C[C@@]1(C)c1ccn(CCO)n1. The number of nitrogens with zero attached hydrogens (tertiary/aromatic N) is 4. The molecule has 174 valence electrons. The molecular formula is C25H22F2N4O3. The lowest BCUT2D eigenvalue weighted by atomic mass is 9.89. The Morgan fingerprint density at radius 2 is 1.71 bits per heavy atom. The molecule has 0 saturated carbocycles. The summed E-state index contributed by atoms with van der Waals surface area (Å²) in [5.41, 5.74) is -0.681. The quantitative estimate of drug-likeness (QED) is 0.602. The highest BCUT2D eigenvalue weighted by Crippen LogP contribution is 2.38. The summed E-state index contributed by atoms with van der Waals surface area (Å²) in [4.78, 5) is 27.9. The van der Waals surface area contributed by atoms with Gasteiger partial charge in [0.15, 0.2) is 11.6 Å². The van der Waals surface area contributed by atoms with E-state index < -0.39 is 34.8 Å². The Kier molecular flexibility index (Phi) is 6.18. The molecule has 3 amide bonds. The summed E-state index contributed by atoms with van der Waals surface area (Å²) in [5.74, 6) is 2.62. The van der Waals surface area contributed by atoms with Gasteiger partial charge in [-0.25, -0.2) is 18.5 Å². The van der Waals surface area contributed by atoms with E-state index in [-0.39, 0.29) is 25.1 Å². The third kappa shape index (κ3) is 4.16. The standard InChI is InChI=1S/C25H22F2N4O3/c1-25(21-10-11-30(28-21)12-13-32)16-22(33)31(24(34)29(25)2)23-19(26)14-18(15-20(23)27)9-8-17-6-4-3-5-7-17/h3-7,10-11,14-15,32H,12-13,16H2,1-2H3/t25-/m0/s1. The summed E-state index contributed by atoms with van der Waals surface area (Å²) in [7, 11) is 1.45. The number of aliphatic hydroxyl groups is 1. The fourth-order valence-corrected chi connectivity index (χ4v) is 3.84. The number of hydrogen-bond donors (Lipinski definition) is 1. The highest BCUT2D eigenvalue weighted by Gasteiger charge is 2.48. The fraction of sp³-hybridized carbons (Fsp3) is 0.240. The van der Waals surface area contributed by atoms with Gasteiger partial charge in [-0.05, 0) is 37.3 Å². The van der Waals surface area contributed by atoms with Crippen LogP contribution in [0.25, 0.3) is 0 Å². The molecule has 9 heteroatoms. The van der Waals surface area contributed by atoms with Gasteiger partial charge in [0, 0.05) is 24.4 Å². The average molecular weight is 464 g/mol. The van der Waals surface area contributed by atoms with Gasteiger partial charge in [-0.3, -0.25) is 9.48 Å². The Bertz CT molecular complexity index is 1290.